The van der Waals surface area contributed by atoms with E-state index in [2.05, 4.69) is 55.0 Å². The average Bonchev–Trinajstić information content (AvgIpc) is 2.42. The van der Waals surface area contributed by atoms with Gasteiger partial charge >= 0.3 is 0 Å². The van der Waals surface area contributed by atoms with E-state index in [1.807, 2.05) is 12.3 Å². The summed E-state index contributed by atoms with van der Waals surface area (Å²) in [6.45, 7) is 10.2. The Hall–Kier alpha value is -0.840. The molecule has 0 bridgehead atoms. The smallest absolute Gasteiger partial charge is 0.147 e. The summed E-state index contributed by atoms with van der Waals surface area (Å²) in [6, 6.07) is 2.48. The van der Waals surface area contributed by atoms with Gasteiger partial charge in [0.1, 0.15) is 5.82 Å². The van der Waals surface area contributed by atoms with Gasteiger partial charge in [-0.25, -0.2) is 4.98 Å². The lowest BCUT2D eigenvalue weighted by Crippen LogP contribution is -2.28. The van der Waals surface area contributed by atoms with Crippen molar-refractivity contribution in [2.24, 2.45) is 0 Å². The van der Waals surface area contributed by atoms with Crippen LogP contribution in [0.4, 0.5) is 5.82 Å². The summed E-state index contributed by atoms with van der Waals surface area (Å²) in [4.78, 5) is 9.01. The van der Waals surface area contributed by atoms with E-state index >= 15 is 0 Å². The molecule has 1 rings (SSSR count). The molecule has 21 heavy (non-hydrogen) atoms. The van der Waals surface area contributed by atoms with Crippen molar-refractivity contribution in [2.75, 3.05) is 38.6 Å². The van der Waals surface area contributed by atoms with Crippen molar-refractivity contribution in [3.05, 3.63) is 22.8 Å². The number of hydrogen-bond donors (Lipinski definition) is 1. The molecule has 0 spiro atoms. The Bertz CT molecular complexity index is 421. The van der Waals surface area contributed by atoms with Crippen molar-refractivity contribution in [3.63, 3.8) is 0 Å². The molecule has 0 unspecified atom stereocenters. The van der Waals surface area contributed by atoms with Crippen LogP contribution in [-0.4, -0.2) is 49.7 Å². The van der Waals surface area contributed by atoms with Gasteiger partial charge in [-0.2, -0.15) is 0 Å². The van der Waals surface area contributed by atoms with Crippen molar-refractivity contribution in [2.45, 2.75) is 39.8 Å². The predicted octanol–water partition coefficient (Wildman–Crippen LogP) is 3.01. The second-order valence-electron chi connectivity index (χ2n) is 5.92. The van der Waals surface area contributed by atoms with E-state index in [1.165, 1.54) is 0 Å². The van der Waals surface area contributed by atoms with E-state index in [4.69, 9.17) is 11.6 Å². The van der Waals surface area contributed by atoms with Crippen molar-refractivity contribution >= 4 is 17.4 Å². The minimum Gasteiger partial charge on any atom is -0.356 e. The minimum absolute atomic E-state index is 0.460. The molecule has 0 saturated carbocycles. The van der Waals surface area contributed by atoms with Crippen LogP contribution in [0, 0.1) is 0 Å². The maximum absolute atomic E-state index is 6.42. The molecular weight excluding hydrogens is 284 g/mol. The maximum atomic E-state index is 6.42. The largest absolute Gasteiger partial charge is 0.356 e. The topological polar surface area (TPSA) is 31.4 Å². The fourth-order valence-electron chi connectivity index (χ4n) is 2.11. The quantitative estimate of drug-likeness (QED) is 0.759. The number of pyridine rings is 1. The lowest BCUT2D eigenvalue weighted by atomic mass is 10.2. The Labute approximate surface area is 134 Å². The highest BCUT2D eigenvalue weighted by molar-refractivity contribution is 6.33. The molecule has 0 aromatic carbocycles. The number of nitrogens with zero attached hydrogens (tertiary/aromatic N) is 3. The second-order valence-corrected chi connectivity index (χ2v) is 6.33. The van der Waals surface area contributed by atoms with Crippen LogP contribution in [0.3, 0.4) is 0 Å². The lowest BCUT2D eigenvalue weighted by Gasteiger charge is -2.24. The summed E-state index contributed by atoms with van der Waals surface area (Å²) in [5.41, 5.74) is 1.13. The number of hydrogen-bond acceptors (Lipinski definition) is 4. The first-order chi connectivity index (χ1) is 9.93. The Morgan fingerprint density at radius 2 is 2.00 bits per heavy atom. The Balaban J connectivity index is 2.67. The summed E-state index contributed by atoms with van der Waals surface area (Å²) in [7, 11) is 4.19. The molecule has 5 heteroatoms. The summed E-state index contributed by atoms with van der Waals surface area (Å²) in [5, 5.41) is 4.12. The first kappa shape index (κ1) is 18.2. The number of anilines is 1. The molecule has 0 atom stereocenters. The van der Waals surface area contributed by atoms with Crippen molar-refractivity contribution in [3.8, 4) is 0 Å². The molecule has 0 amide bonds. The van der Waals surface area contributed by atoms with E-state index < -0.39 is 0 Å². The van der Waals surface area contributed by atoms with Gasteiger partial charge in [0.15, 0.2) is 0 Å². The Morgan fingerprint density at radius 3 is 2.52 bits per heavy atom. The molecule has 120 valence electrons. The first-order valence-corrected chi connectivity index (χ1v) is 8.09. The predicted molar refractivity (Wildman–Crippen MR) is 92.3 cm³/mol. The number of aromatic nitrogens is 1. The van der Waals surface area contributed by atoms with Gasteiger partial charge in [-0.1, -0.05) is 25.4 Å². The molecule has 0 saturated heterocycles. The van der Waals surface area contributed by atoms with Gasteiger partial charge in [0.2, 0.25) is 0 Å². The molecular formula is C16H29ClN4. The normalized spacial score (nSPS) is 11.4. The van der Waals surface area contributed by atoms with Crippen molar-refractivity contribution < 1.29 is 0 Å². The van der Waals surface area contributed by atoms with Gasteiger partial charge in [-0.3, -0.25) is 0 Å². The zero-order chi connectivity index (χ0) is 15.8. The standard InChI is InChI=1S/C16H29ClN4/c1-6-21(9-7-8-20(4)5)16-15(17)10-14(12-19-16)11-18-13(2)3/h10,12-13,18H,6-9,11H2,1-5H3. The average molecular weight is 313 g/mol. The highest BCUT2D eigenvalue weighted by atomic mass is 35.5. The van der Waals surface area contributed by atoms with Crippen molar-refractivity contribution in [1.82, 2.24) is 15.2 Å². The molecule has 1 N–H and O–H groups in total. The van der Waals surface area contributed by atoms with Crippen LogP contribution in [0.2, 0.25) is 5.02 Å². The Morgan fingerprint density at radius 1 is 1.29 bits per heavy atom. The van der Waals surface area contributed by atoms with Crippen LogP contribution in [0.25, 0.3) is 0 Å². The van der Waals surface area contributed by atoms with Crippen LogP contribution in [0.15, 0.2) is 12.3 Å². The SMILES string of the molecule is CCN(CCCN(C)C)c1ncc(CNC(C)C)cc1Cl. The number of nitrogens with one attached hydrogen (secondary N) is 1. The zero-order valence-electron chi connectivity index (χ0n) is 14.0. The van der Waals surface area contributed by atoms with E-state index in [0.29, 0.717) is 6.04 Å². The number of halogens is 1. The van der Waals surface area contributed by atoms with Gasteiger partial charge in [-0.05, 0) is 45.6 Å². The maximum Gasteiger partial charge on any atom is 0.147 e. The third-order valence-electron chi connectivity index (χ3n) is 3.31. The van der Waals surface area contributed by atoms with Gasteiger partial charge in [0.05, 0.1) is 5.02 Å². The lowest BCUT2D eigenvalue weighted by molar-refractivity contribution is 0.400. The highest BCUT2D eigenvalue weighted by Gasteiger charge is 2.11. The minimum atomic E-state index is 0.460. The summed E-state index contributed by atoms with van der Waals surface area (Å²) < 4.78 is 0. The third kappa shape index (κ3) is 6.64. The van der Waals surface area contributed by atoms with Crippen LogP contribution in [0.1, 0.15) is 32.8 Å². The fraction of sp³-hybridized carbons (Fsp3) is 0.688. The first-order valence-electron chi connectivity index (χ1n) is 7.71. The molecule has 0 aliphatic rings. The van der Waals surface area contributed by atoms with Crippen LogP contribution < -0.4 is 10.2 Å². The van der Waals surface area contributed by atoms with E-state index in [-0.39, 0.29) is 0 Å². The second kappa shape index (κ2) is 9.23. The zero-order valence-corrected chi connectivity index (χ0v) is 14.7. The molecule has 0 aliphatic carbocycles. The van der Waals surface area contributed by atoms with Gasteiger partial charge in [-0.15, -0.1) is 0 Å². The summed E-state index contributed by atoms with van der Waals surface area (Å²) in [5.74, 6) is 0.895. The van der Waals surface area contributed by atoms with Gasteiger partial charge in [0.25, 0.3) is 0 Å². The van der Waals surface area contributed by atoms with Gasteiger partial charge in [0, 0.05) is 31.9 Å². The monoisotopic (exact) mass is 312 g/mol. The summed E-state index contributed by atoms with van der Waals surface area (Å²) in [6.07, 6.45) is 3.03. The molecule has 0 fully saturated rings. The number of rotatable bonds is 9. The molecule has 4 nitrogen and oxygen atoms in total. The fourth-order valence-corrected chi connectivity index (χ4v) is 2.42. The van der Waals surface area contributed by atoms with E-state index in [0.717, 1.165) is 49.0 Å². The molecule has 0 radical (unpaired) electrons. The van der Waals surface area contributed by atoms with Crippen LogP contribution in [0.5, 0.6) is 0 Å². The van der Waals surface area contributed by atoms with Gasteiger partial charge < -0.3 is 15.1 Å². The van der Waals surface area contributed by atoms with Crippen LogP contribution in [-0.2, 0) is 6.54 Å². The Kier molecular flexibility index (Phi) is 8.01. The van der Waals surface area contributed by atoms with Crippen molar-refractivity contribution in [1.29, 1.82) is 0 Å². The molecule has 1 aromatic rings. The molecule has 1 aromatic heterocycles. The van der Waals surface area contributed by atoms with E-state index in [1.54, 1.807) is 0 Å². The summed E-state index contributed by atoms with van der Waals surface area (Å²) >= 11 is 6.42. The molecule has 0 aliphatic heterocycles. The van der Waals surface area contributed by atoms with Crippen LogP contribution >= 0.6 is 11.6 Å². The third-order valence-corrected chi connectivity index (χ3v) is 3.59. The highest BCUT2D eigenvalue weighted by Crippen LogP contribution is 2.24. The van der Waals surface area contributed by atoms with E-state index in [9.17, 15) is 0 Å². The molecule has 1 heterocycles.